The Hall–Kier alpha value is -0.710. The van der Waals surface area contributed by atoms with Gasteiger partial charge in [-0.25, -0.2) is 0 Å². The number of Topliss-reactive ketones (excluding diaryl/α,β-unsaturated/α-hetero) is 1. The first-order chi connectivity index (χ1) is 10.6. The van der Waals surface area contributed by atoms with Gasteiger partial charge in [-0.15, -0.1) is 0 Å². The van der Waals surface area contributed by atoms with E-state index in [1.807, 2.05) is 24.3 Å². The van der Waals surface area contributed by atoms with E-state index in [9.17, 15) is 9.90 Å². The molecule has 1 aromatic rings. The second kappa shape index (κ2) is 7.24. The third-order valence-electron chi connectivity index (χ3n) is 5.19. The summed E-state index contributed by atoms with van der Waals surface area (Å²) in [6.07, 6.45) is 6.06. The zero-order valence-electron chi connectivity index (χ0n) is 12.9. The van der Waals surface area contributed by atoms with Crippen molar-refractivity contribution in [2.45, 2.75) is 50.7 Å². The fourth-order valence-electron chi connectivity index (χ4n) is 3.86. The molecule has 0 unspecified atom stereocenters. The average molecular weight is 366 g/mol. The van der Waals surface area contributed by atoms with E-state index >= 15 is 0 Å². The Morgan fingerprint density at radius 2 is 1.68 bits per heavy atom. The minimum absolute atomic E-state index is 0.137. The molecule has 4 heteroatoms. The fourth-order valence-corrected chi connectivity index (χ4v) is 4.13. The van der Waals surface area contributed by atoms with Gasteiger partial charge in [-0.2, -0.15) is 0 Å². The lowest BCUT2D eigenvalue weighted by Gasteiger charge is -2.41. The summed E-state index contributed by atoms with van der Waals surface area (Å²) in [5.41, 5.74) is 0.819. The summed E-state index contributed by atoms with van der Waals surface area (Å²) in [5, 5.41) is 10.2. The molecule has 0 radical (unpaired) electrons. The van der Waals surface area contributed by atoms with Gasteiger partial charge in [0.15, 0.2) is 5.78 Å². The van der Waals surface area contributed by atoms with E-state index in [1.165, 1.54) is 6.42 Å². The van der Waals surface area contributed by atoms with Gasteiger partial charge in [0.1, 0.15) is 0 Å². The van der Waals surface area contributed by atoms with Crippen LogP contribution in [0.15, 0.2) is 28.7 Å². The first-order valence-electron chi connectivity index (χ1n) is 8.37. The number of aliphatic hydroxyl groups is 1. The SMILES string of the molecule is O=C(c1ccc(Br)cc1)C1CCN([C@@H]2CCCC[C@H]2O)CC1. The van der Waals surface area contributed by atoms with E-state index in [4.69, 9.17) is 0 Å². The van der Waals surface area contributed by atoms with Gasteiger partial charge in [0.2, 0.25) is 0 Å². The van der Waals surface area contributed by atoms with Crippen LogP contribution >= 0.6 is 15.9 Å². The molecule has 1 saturated carbocycles. The van der Waals surface area contributed by atoms with E-state index in [1.54, 1.807) is 0 Å². The van der Waals surface area contributed by atoms with Crippen LogP contribution in [-0.4, -0.2) is 41.0 Å². The number of carbonyl (C=O) groups is 1. The fraction of sp³-hybridized carbons (Fsp3) is 0.611. The highest BCUT2D eigenvalue weighted by Gasteiger charge is 2.33. The van der Waals surface area contributed by atoms with Crippen molar-refractivity contribution in [2.75, 3.05) is 13.1 Å². The molecule has 1 heterocycles. The van der Waals surface area contributed by atoms with Gasteiger partial charge >= 0.3 is 0 Å². The number of halogens is 1. The van der Waals surface area contributed by atoms with Crippen LogP contribution in [0.3, 0.4) is 0 Å². The summed E-state index contributed by atoms with van der Waals surface area (Å²) < 4.78 is 1.00. The topological polar surface area (TPSA) is 40.5 Å². The Morgan fingerprint density at radius 1 is 1.05 bits per heavy atom. The van der Waals surface area contributed by atoms with E-state index in [-0.39, 0.29) is 17.8 Å². The third-order valence-corrected chi connectivity index (χ3v) is 5.72. The monoisotopic (exact) mass is 365 g/mol. The Kier molecular flexibility index (Phi) is 5.32. The van der Waals surface area contributed by atoms with Gasteiger partial charge in [-0.1, -0.05) is 40.9 Å². The maximum atomic E-state index is 12.6. The first-order valence-corrected chi connectivity index (χ1v) is 9.16. The number of carbonyl (C=O) groups excluding carboxylic acids is 1. The van der Waals surface area contributed by atoms with E-state index in [0.717, 1.165) is 55.2 Å². The van der Waals surface area contributed by atoms with E-state index < -0.39 is 0 Å². The van der Waals surface area contributed by atoms with Gasteiger partial charge in [0.05, 0.1) is 6.10 Å². The molecule has 3 nitrogen and oxygen atoms in total. The van der Waals surface area contributed by atoms with Gasteiger partial charge in [-0.3, -0.25) is 9.69 Å². The number of rotatable bonds is 3. The first kappa shape index (κ1) is 16.2. The molecule has 1 N–H and O–H groups in total. The molecule has 1 saturated heterocycles. The molecule has 0 spiro atoms. The Bertz CT molecular complexity index is 508. The zero-order valence-corrected chi connectivity index (χ0v) is 14.5. The normalized spacial score (nSPS) is 27.7. The third kappa shape index (κ3) is 3.61. The maximum absolute atomic E-state index is 12.6. The Labute approximate surface area is 140 Å². The number of piperidine rings is 1. The minimum Gasteiger partial charge on any atom is -0.391 e. The molecular weight excluding hydrogens is 342 g/mol. The summed E-state index contributed by atoms with van der Waals surface area (Å²) in [5.74, 6) is 0.412. The highest BCUT2D eigenvalue weighted by atomic mass is 79.9. The summed E-state index contributed by atoms with van der Waals surface area (Å²) in [6, 6.07) is 7.99. The molecule has 0 bridgehead atoms. The molecule has 2 aliphatic rings. The van der Waals surface area contributed by atoms with Crippen LogP contribution in [0.25, 0.3) is 0 Å². The van der Waals surface area contributed by atoms with Gasteiger partial charge in [-0.05, 0) is 50.9 Å². The molecule has 2 atom stereocenters. The predicted octanol–water partition coefficient (Wildman–Crippen LogP) is 3.65. The van der Waals surface area contributed by atoms with Crippen LogP contribution in [0.1, 0.15) is 48.9 Å². The second-order valence-corrected chi connectivity index (χ2v) is 7.52. The molecule has 2 fully saturated rings. The summed E-state index contributed by atoms with van der Waals surface area (Å²) >= 11 is 3.41. The summed E-state index contributed by atoms with van der Waals surface area (Å²) in [4.78, 5) is 15.0. The van der Waals surface area contributed by atoms with Crippen LogP contribution in [0.5, 0.6) is 0 Å². The second-order valence-electron chi connectivity index (χ2n) is 6.60. The molecule has 1 aliphatic carbocycles. The van der Waals surface area contributed by atoms with Crippen molar-refractivity contribution in [2.24, 2.45) is 5.92 Å². The Morgan fingerprint density at radius 3 is 2.32 bits per heavy atom. The summed E-state index contributed by atoms with van der Waals surface area (Å²) in [7, 11) is 0. The minimum atomic E-state index is -0.174. The number of nitrogens with zero attached hydrogens (tertiary/aromatic N) is 1. The molecule has 1 aliphatic heterocycles. The average Bonchev–Trinajstić information content (AvgIpc) is 2.56. The molecule has 120 valence electrons. The Balaban J connectivity index is 1.57. The number of ketones is 1. The highest BCUT2D eigenvalue weighted by molar-refractivity contribution is 9.10. The van der Waals surface area contributed by atoms with Crippen molar-refractivity contribution in [3.8, 4) is 0 Å². The maximum Gasteiger partial charge on any atom is 0.166 e. The van der Waals surface area contributed by atoms with Crippen molar-refractivity contribution >= 4 is 21.7 Å². The van der Waals surface area contributed by atoms with Crippen molar-refractivity contribution in [1.29, 1.82) is 0 Å². The van der Waals surface area contributed by atoms with Crippen molar-refractivity contribution < 1.29 is 9.90 Å². The zero-order chi connectivity index (χ0) is 15.5. The summed E-state index contributed by atoms with van der Waals surface area (Å²) in [6.45, 7) is 1.88. The molecular formula is C18H24BrNO2. The lowest BCUT2D eigenvalue weighted by Crippen LogP contribution is -2.49. The number of likely N-dealkylation sites (tertiary alicyclic amines) is 1. The van der Waals surface area contributed by atoms with Gasteiger partial charge < -0.3 is 5.11 Å². The van der Waals surface area contributed by atoms with Crippen LogP contribution in [-0.2, 0) is 0 Å². The number of hydrogen-bond donors (Lipinski definition) is 1. The standard InChI is InChI=1S/C18H24BrNO2/c19-15-7-5-13(6-8-15)18(22)14-9-11-20(12-10-14)16-3-1-2-4-17(16)21/h5-8,14,16-17,21H,1-4,9-12H2/t16-,17-/m1/s1. The number of aliphatic hydroxyl groups excluding tert-OH is 1. The van der Waals surface area contributed by atoms with Crippen LogP contribution in [0, 0.1) is 5.92 Å². The van der Waals surface area contributed by atoms with Crippen molar-refractivity contribution in [1.82, 2.24) is 4.90 Å². The number of hydrogen-bond acceptors (Lipinski definition) is 3. The highest BCUT2D eigenvalue weighted by Crippen LogP contribution is 2.29. The lowest BCUT2D eigenvalue weighted by atomic mass is 9.85. The van der Waals surface area contributed by atoms with E-state index in [2.05, 4.69) is 20.8 Å². The molecule has 1 aromatic carbocycles. The van der Waals surface area contributed by atoms with Crippen LogP contribution in [0.2, 0.25) is 0 Å². The van der Waals surface area contributed by atoms with Crippen molar-refractivity contribution in [3.63, 3.8) is 0 Å². The van der Waals surface area contributed by atoms with Crippen LogP contribution < -0.4 is 0 Å². The molecule has 3 rings (SSSR count). The number of benzene rings is 1. The largest absolute Gasteiger partial charge is 0.391 e. The smallest absolute Gasteiger partial charge is 0.166 e. The van der Waals surface area contributed by atoms with Crippen molar-refractivity contribution in [3.05, 3.63) is 34.3 Å². The van der Waals surface area contributed by atoms with Crippen LogP contribution in [0.4, 0.5) is 0 Å². The molecule has 0 aromatic heterocycles. The van der Waals surface area contributed by atoms with E-state index in [0.29, 0.717) is 6.04 Å². The lowest BCUT2D eigenvalue weighted by molar-refractivity contribution is 0.00500. The van der Waals surface area contributed by atoms with Gasteiger partial charge in [0, 0.05) is 22.0 Å². The van der Waals surface area contributed by atoms with Gasteiger partial charge in [0.25, 0.3) is 0 Å². The molecule has 22 heavy (non-hydrogen) atoms. The molecule has 0 amide bonds. The predicted molar refractivity (Wildman–Crippen MR) is 91.0 cm³/mol. The quantitative estimate of drug-likeness (QED) is 0.831.